The zero-order valence-corrected chi connectivity index (χ0v) is 19.0. The number of hydrogen-bond donors (Lipinski definition) is 0. The number of non-ortho nitro benzene ring substituents is 1. The van der Waals surface area contributed by atoms with Gasteiger partial charge in [0, 0.05) is 29.2 Å². The van der Waals surface area contributed by atoms with Crippen LogP contribution in [0.4, 0.5) is 22.7 Å². The zero-order chi connectivity index (χ0) is 24.1. The molecule has 0 fully saturated rings. The minimum atomic E-state index is -0.452. The Hall–Kier alpha value is -4.69. The van der Waals surface area contributed by atoms with Gasteiger partial charge in [-0.1, -0.05) is 47.5 Å². The summed E-state index contributed by atoms with van der Waals surface area (Å²) in [5.41, 5.74) is 7.45. The maximum atomic E-state index is 10.9. The van der Waals surface area contributed by atoms with E-state index in [4.69, 9.17) is 0 Å². The molecule has 0 spiro atoms. The third-order valence-electron chi connectivity index (χ3n) is 5.56. The number of benzene rings is 4. The second-order valence-corrected chi connectivity index (χ2v) is 8.07. The summed E-state index contributed by atoms with van der Waals surface area (Å²) in [7, 11) is 0. The maximum Gasteiger partial charge on any atom is 0.269 e. The van der Waals surface area contributed by atoms with Crippen molar-refractivity contribution in [2.75, 3.05) is 4.90 Å². The van der Waals surface area contributed by atoms with Gasteiger partial charge >= 0.3 is 0 Å². The van der Waals surface area contributed by atoms with Crippen molar-refractivity contribution in [3.8, 4) is 6.07 Å². The Bertz CT molecular complexity index is 1320. The van der Waals surface area contributed by atoms with Crippen molar-refractivity contribution in [1.82, 2.24) is 0 Å². The molecule has 0 atom stereocenters. The second kappa shape index (κ2) is 9.85. The van der Waals surface area contributed by atoms with Gasteiger partial charge in [-0.25, -0.2) is 0 Å². The molecule has 0 bridgehead atoms. The molecular formula is C29H23N3O2. The van der Waals surface area contributed by atoms with Crippen molar-refractivity contribution in [3.05, 3.63) is 129 Å². The monoisotopic (exact) mass is 445 g/mol. The molecule has 166 valence electrons. The highest BCUT2D eigenvalue weighted by Crippen LogP contribution is 2.35. The first-order valence-corrected chi connectivity index (χ1v) is 10.8. The molecular weight excluding hydrogens is 422 g/mol. The van der Waals surface area contributed by atoms with Crippen LogP contribution in [0.3, 0.4) is 0 Å². The molecule has 0 saturated heterocycles. The maximum absolute atomic E-state index is 10.9. The summed E-state index contributed by atoms with van der Waals surface area (Å²) in [5.74, 6) is 0. The highest BCUT2D eigenvalue weighted by Gasteiger charge is 2.12. The summed E-state index contributed by atoms with van der Waals surface area (Å²) in [4.78, 5) is 12.6. The van der Waals surface area contributed by atoms with E-state index >= 15 is 0 Å². The molecule has 5 nitrogen and oxygen atoms in total. The molecule has 4 aromatic rings. The molecule has 0 saturated carbocycles. The summed E-state index contributed by atoms with van der Waals surface area (Å²) in [5, 5.41) is 20.5. The molecule has 0 amide bonds. The van der Waals surface area contributed by atoms with Gasteiger partial charge in [0.05, 0.1) is 16.6 Å². The Balaban J connectivity index is 1.68. The van der Waals surface area contributed by atoms with E-state index in [0.717, 1.165) is 22.6 Å². The predicted octanol–water partition coefficient (Wildman–Crippen LogP) is 7.75. The molecule has 0 aliphatic carbocycles. The van der Waals surface area contributed by atoms with E-state index in [1.54, 1.807) is 18.2 Å². The van der Waals surface area contributed by atoms with Gasteiger partial charge in [0.1, 0.15) is 0 Å². The van der Waals surface area contributed by atoms with Gasteiger partial charge in [-0.3, -0.25) is 10.1 Å². The number of anilines is 3. The van der Waals surface area contributed by atoms with Crippen LogP contribution in [0.5, 0.6) is 0 Å². The molecule has 4 rings (SSSR count). The molecule has 0 unspecified atom stereocenters. The number of nitro benzene ring substituents is 1. The van der Waals surface area contributed by atoms with Crippen molar-refractivity contribution in [2.45, 2.75) is 13.8 Å². The van der Waals surface area contributed by atoms with Crippen molar-refractivity contribution in [3.63, 3.8) is 0 Å². The number of nitriles is 1. The predicted molar refractivity (Wildman–Crippen MR) is 137 cm³/mol. The van der Waals surface area contributed by atoms with Crippen LogP contribution in [0.25, 0.3) is 11.6 Å². The lowest BCUT2D eigenvalue weighted by molar-refractivity contribution is -0.384. The Labute approximate surface area is 199 Å². The van der Waals surface area contributed by atoms with E-state index < -0.39 is 4.92 Å². The van der Waals surface area contributed by atoms with Crippen molar-refractivity contribution in [2.24, 2.45) is 0 Å². The largest absolute Gasteiger partial charge is 0.311 e. The molecule has 5 heteroatoms. The molecule has 0 aliphatic rings. The normalized spacial score (nSPS) is 11.0. The molecule has 0 aromatic heterocycles. The highest BCUT2D eigenvalue weighted by atomic mass is 16.6. The standard InChI is InChI=1S/C29H23N3O2/c1-21-3-11-26(12-4-21)31(27-13-5-22(2)6-14-27)28-15-7-23(8-16-28)19-25(20-30)24-9-17-29(18-10-24)32(33)34/h3-19H,1-2H3/b25-19+. The van der Waals surface area contributed by atoms with E-state index in [1.165, 1.54) is 23.3 Å². The second-order valence-electron chi connectivity index (χ2n) is 8.07. The fourth-order valence-corrected chi connectivity index (χ4v) is 3.66. The number of nitrogens with zero attached hydrogens (tertiary/aromatic N) is 3. The van der Waals surface area contributed by atoms with Crippen LogP contribution in [0.1, 0.15) is 22.3 Å². The zero-order valence-electron chi connectivity index (χ0n) is 19.0. The van der Waals surface area contributed by atoms with E-state index in [2.05, 4.69) is 73.3 Å². The summed E-state index contributed by atoms with van der Waals surface area (Å²) >= 11 is 0. The summed E-state index contributed by atoms with van der Waals surface area (Å²) < 4.78 is 0. The number of rotatable bonds is 6. The Morgan fingerprint density at radius 3 is 1.62 bits per heavy atom. The Kier molecular flexibility index (Phi) is 6.52. The van der Waals surface area contributed by atoms with Crippen molar-refractivity contribution in [1.29, 1.82) is 5.26 Å². The van der Waals surface area contributed by atoms with Crippen LogP contribution in [-0.4, -0.2) is 4.92 Å². The van der Waals surface area contributed by atoms with Crippen LogP contribution < -0.4 is 4.90 Å². The molecule has 0 N–H and O–H groups in total. The minimum absolute atomic E-state index is 0.00213. The smallest absolute Gasteiger partial charge is 0.269 e. The van der Waals surface area contributed by atoms with Gasteiger partial charge in [0.25, 0.3) is 5.69 Å². The fraction of sp³-hybridized carbons (Fsp3) is 0.0690. The van der Waals surface area contributed by atoms with Crippen molar-refractivity contribution >= 4 is 34.4 Å². The summed E-state index contributed by atoms with van der Waals surface area (Å²) in [6, 6.07) is 33.0. The Morgan fingerprint density at radius 1 is 0.765 bits per heavy atom. The third-order valence-corrected chi connectivity index (χ3v) is 5.56. The van der Waals surface area contributed by atoms with E-state index in [0.29, 0.717) is 11.1 Å². The number of nitro groups is 1. The molecule has 0 aliphatic heterocycles. The first-order valence-electron chi connectivity index (χ1n) is 10.8. The van der Waals surface area contributed by atoms with Gasteiger partial charge in [-0.05, 0) is 79.6 Å². The van der Waals surface area contributed by atoms with Gasteiger partial charge < -0.3 is 4.90 Å². The summed E-state index contributed by atoms with van der Waals surface area (Å²) in [6.07, 6.45) is 1.78. The van der Waals surface area contributed by atoms with Crippen LogP contribution >= 0.6 is 0 Å². The van der Waals surface area contributed by atoms with Crippen LogP contribution in [0.2, 0.25) is 0 Å². The molecule has 0 radical (unpaired) electrons. The topological polar surface area (TPSA) is 70.2 Å². The van der Waals surface area contributed by atoms with Gasteiger partial charge in [0.2, 0.25) is 0 Å². The Morgan fingerprint density at radius 2 is 1.21 bits per heavy atom. The molecule has 34 heavy (non-hydrogen) atoms. The lowest BCUT2D eigenvalue weighted by atomic mass is 10.0. The van der Waals surface area contributed by atoms with Crippen molar-refractivity contribution < 1.29 is 4.92 Å². The van der Waals surface area contributed by atoms with Gasteiger partial charge in [-0.15, -0.1) is 0 Å². The van der Waals surface area contributed by atoms with Gasteiger partial charge in [0.15, 0.2) is 0 Å². The average Bonchev–Trinajstić information content (AvgIpc) is 2.86. The SMILES string of the molecule is Cc1ccc(N(c2ccc(C)cc2)c2ccc(/C=C(\C#N)c3ccc([N+](=O)[O-])cc3)cc2)cc1. The third kappa shape index (κ3) is 5.03. The van der Waals surface area contributed by atoms with E-state index in [9.17, 15) is 15.4 Å². The van der Waals surface area contributed by atoms with E-state index in [-0.39, 0.29) is 5.69 Å². The molecule has 4 aromatic carbocycles. The molecule has 0 heterocycles. The quantitative estimate of drug-likeness (QED) is 0.132. The van der Waals surface area contributed by atoms with Gasteiger partial charge in [-0.2, -0.15) is 5.26 Å². The van der Waals surface area contributed by atoms with Crippen LogP contribution in [0.15, 0.2) is 97.1 Å². The minimum Gasteiger partial charge on any atom is -0.311 e. The number of aryl methyl sites for hydroxylation is 2. The summed E-state index contributed by atoms with van der Waals surface area (Å²) in [6.45, 7) is 4.14. The average molecular weight is 446 g/mol. The fourth-order valence-electron chi connectivity index (χ4n) is 3.66. The highest BCUT2D eigenvalue weighted by molar-refractivity contribution is 5.90. The number of allylic oxidation sites excluding steroid dienone is 1. The first kappa shape index (κ1) is 22.5. The van der Waals surface area contributed by atoms with Crippen LogP contribution in [-0.2, 0) is 0 Å². The number of hydrogen-bond acceptors (Lipinski definition) is 4. The van der Waals surface area contributed by atoms with Crippen LogP contribution in [0, 0.1) is 35.3 Å². The lowest BCUT2D eigenvalue weighted by Gasteiger charge is -2.26. The first-order chi connectivity index (χ1) is 16.4. The lowest BCUT2D eigenvalue weighted by Crippen LogP contribution is -2.09. The van der Waals surface area contributed by atoms with E-state index in [1.807, 2.05) is 24.3 Å².